The Labute approximate surface area is 105 Å². The number of nitrogens with one attached hydrogen (secondary N) is 1. The third-order valence-corrected chi connectivity index (χ3v) is 3.03. The fourth-order valence-electron chi connectivity index (χ4n) is 2.18. The second kappa shape index (κ2) is 7.91. The molecular formula is C12H25ClN2O. The Bertz CT molecular complexity index is 211. The van der Waals surface area contributed by atoms with Gasteiger partial charge in [0.05, 0.1) is 0 Å². The zero-order valence-corrected chi connectivity index (χ0v) is 11.5. The van der Waals surface area contributed by atoms with E-state index in [2.05, 4.69) is 26.1 Å². The molecule has 4 heteroatoms. The van der Waals surface area contributed by atoms with Crippen LogP contribution in [0.5, 0.6) is 0 Å². The molecule has 1 fully saturated rings. The molecule has 3 nitrogen and oxygen atoms in total. The number of carbonyl (C=O) groups excluding carboxylic acids is 1. The minimum Gasteiger partial charge on any atom is -0.340 e. The first-order valence-electron chi connectivity index (χ1n) is 6.14. The Hall–Kier alpha value is -0.280. The van der Waals surface area contributed by atoms with Crippen LogP contribution in [0.4, 0.5) is 0 Å². The topological polar surface area (TPSA) is 32.3 Å². The van der Waals surface area contributed by atoms with Gasteiger partial charge in [-0.1, -0.05) is 26.7 Å². The van der Waals surface area contributed by atoms with E-state index < -0.39 is 0 Å². The van der Waals surface area contributed by atoms with Gasteiger partial charge in [0.1, 0.15) is 0 Å². The number of piperazine rings is 1. The zero-order chi connectivity index (χ0) is 11.3. The van der Waals surface area contributed by atoms with E-state index in [9.17, 15) is 4.79 Å². The molecule has 16 heavy (non-hydrogen) atoms. The van der Waals surface area contributed by atoms with Crippen molar-refractivity contribution in [2.24, 2.45) is 5.92 Å². The lowest BCUT2D eigenvalue weighted by Gasteiger charge is -2.32. The largest absolute Gasteiger partial charge is 0.340 e. The van der Waals surface area contributed by atoms with Crippen molar-refractivity contribution in [3.8, 4) is 0 Å². The van der Waals surface area contributed by atoms with Crippen molar-refractivity contribution in [1.29, 1.82) is 0 Å². The highest BCUT2D eigenvalue weighted by Gasteiger charge is 2.21. The molecule has 2 unspecified atom stereocenters. The summed E-state index contributed by atoms with van der Waals surface area (Å²) in [5, 5.41) is 3.35. The molecule has 0 spiro atoms. The first kappa shape index (κ1) is 15.7. The summed E-state index contributed by atoms with van der Waals surface area (Å²) in [7, 11) is 0. The first-order valence-corrected chi connectivity index (χ1v) is 6.14. The minimum atomic E-state index is 0. The molecule has 1 N–H and O–H groups in total. The van der Waals surface area contributed by atoms with Gasteiger partial charge in [-0.25, -0.2) is 0 Å². The Morgan fingerprint density at radius 3 is 2.81 bits per heavy atom. The predicted molar refractivity (Wildman–Crippen MR) is 70.0 cm³/mol. The molecule has 1 heterocycles. The second-order valence-corrected chi connectivity index (χ2v) is 4.79. The lowest BCUT2D eigenvalue weighted by molar-refractivity contribution is -0.133. The van der Waals surface area contributed by atoms with Gasteiger partial charge in [-0.05, 0) is 12.8 Å². The van der Waals surface area contributed by atoms with E-state index in [1.807, 2.05) is 4.90 Å². The number of amides is 1. The lowest BCUT2D eigenvalue weighted by Crippen LogP contribution is -2.51. The number of rotatable bonds is 4. The van der Waals surface area contributed by atoms with Crippen LogP contribution in [0.1, 0.15) is 40.0 Å². The van der Waals surface area contributed by atoms with Crippen molar-refractivity contribution in [3.05, 3.63) is 0 Å². The van der Waals surface area contributed by atoms with Crippen molar-refractivity contribution in [2.45, 2.75) is 46.1 Å². The molecule has 0 saturated carbocycles. The van der Waals surface area contributed by atoms with Gasteiger partial charge in [-0.3, -0.25) is 4.79 Å². The number of hydrogen-bond acceptors (Lipinski definition) is 2. The van der Waals surface area contributed by atoms with Crippen LogP contribution in [0.25, 0.3) is 0 Å². The van der Waals surface area contributed by atoms with Gasteiger partial charge in [-0.2, -0.15) is 0 Å². The van der Waals surface area contributed by atoms with E-state index in [0.29, 0.717) is 17.9 Å². The fraction of sp³-hybridized carbons (Fsp3) is 0.917. The van der Waals surface area contributed by atoms with Crippen molar-refractivity contribution < 1.29 is 4.79 Å². The van der Waals surface area contributed by atoms with E-state index in [1.54, 1.807) is 0 Å². The highest BCUT2D eigenvalue weighted by molar-refractivity contribution is 5.85. The minimum absolute atomic E-state index is 0. The molecule has 1 amide bonds. The summed E-state index contributed by atoms with van der Waals surface area (Å²) in [6, 6.07) is 0.448. The summed E-state index contributed by atoms with van der Waals surface area (Å²) in [6.45, 7) is 9.17. The van der Waals surface area contributed by atoms with E-state index in [1.165, 1.54) is 6.42 Å². The molecule has 2 atom stereocenters. The summed E-state index contributed by atoms with van der Waals surface area (Å²) in [6.07, 6.45) is 3.06. The highest BCUT2D eigenvalue weighted by atomic mass is 35.5. The lowest BCUT2D eigenvalue weighted by atomic mass is 10.0. The molecule has 1 saturated heterocycles. The normalized spacial score (nSPS) is 22.4. The summed E-state index contributed by atoms with van der Waals surface area (Å²) in [4.78, 5) is 13.9. The standard InChI is InChI=1S/C12H24N2O.ClH/c1-4-5-10(2)8-12(15)14-7-6-13-11(3)9-14;/h10-11,13H,4-9H2,1-3H3;1H. The Morgan fingerprint density at radius 1 is 1.56 bits per heavy atom. The zero-order valence-electron chi connectivity index (χ0n) is 10.7. The Balaban J connectivity index is 0.00000225. The van der Waals surface area contributed by atoms with Gasteiger partial charge in [0.2, 0.25) is 5.91 Å². The average molecular weight is 249 g/mol. The number of hydrogen-bond donors (Lipinski definition) is 1. The molecule has 0 aromatic rings. The van der Waals surface area contributed by atoms with Crippen molar-refractivity contribution >= 4 is 18.3 Å². The van der Waals surface area contributed by atoms with Crippen molar-refractivity contribution in [1.82, 2.24) is 10.2 Å². The first-order chi connectivity index (χ1) is 7.13. The van der Waals surface area contributed by atoms with Crippen LogP contribution in [0.3, 0.4) is 0 Å². The van der Waals surface area contributed by atoms with Crippen molar-refractivity contribution in [2.75, 3.05) is 19.6 Å². The van der Waals surface area contributed by atoms with Crippen LogP contribution < -0.4 is 5.32 Å². The second-order valence-electron chi connectivity index (χ2n) is 4.79. The summed E-state index contributed by atoms with van der Waals surface area (Å²) < 4.78 is 0. The van der Waals surface area contributed by atoms with Gasteiger partial charge in [0.25, 0.3) is 0 Å². The van der Waals surface area contributed by atoms with Crippen LogP contribution in [0, 0.1) is 5.92 Å². The Kier molecular flexibility index (Phi) is 7.77. The molecule has 0 aliphatic carbocycles. The van der Waals surface area contributed by atoms with Gasteiger partial charge >= 0.3 is 0 Å². The van der Waals surface area contributed by atoms with Gasteiger partial charge in [0, 0.05) is 32.1 Å². The molecule has 1 aliphatic heterocycles. The molecular weight excluding hydrogens is 224 g/mol. The molecule has 1 rings (SSSR count). The van der Waals surface area contributed by atoms with E-state index in [0.717, 1.165) is 32.5 Å². The third-order valence-electron chi connectivity index (χ3n) is 3.03. The molecule has 0 radical (unpaired) electrons. The predicted octanol–water partition coefficient (Wildman–Crippen LogP) is 2.05. The number of carbonyl (C=O) groups is 1. The SMILES string of the molecule is CCCC(C)CC(=O)N1CCNC(C)C1.Cl. The fourth-order valence-corrected chi connectivity index (χ4v) is 2.18. The van der Waals surface area contributed by atoms with Gasteiger partial charge in [0.15, 0.2) is 0 Å². The van der Waals surface area contributed by atoms with Gasteiger partial charge in [-0.15, -0.1) is 12.4 Å². The smallest absolute Gasteiger partial charge is 0.222 e. The van der Waals surface area contributed by atoms with Crippen LogP contribution in [-0.4, -0.2) is 36.5 Å². The molecule has 0 aromatic heterocycles. The van der Waals surface area contributed by atoms with E-state index in [4.69, 9.17) is 0 Å². The monoisotopic (exact) mass is 248 g/mol. The maximum Gasteiger partial charge on any atom is 0.222 e. The van der Waals surface area contributed by atoms with E-state index >= 15 is 0 Å². The number of nitrogens with zero attached hydrogens (tertiary/aromatic N) is 1. The third kappa shape index (κ3) is 5.17. The van der Waals surface area contributed by atoms with Crippen LogP contribution >= 0.6 is 12.4 Å². The van der Waals surface area contributed by atoms with Crippen LogP contribution in [0.2, 0.25) is 0 Å². The van der Waals surface area contributed by atoms with Crippen LogP contribution in [0.15, 0.2) is 0 Å². The molecule has 0 bridgehead atoms. The summed E-state index contributed by atoms with van der Waals surface area (Å²) in [5.74, 6) is 0.872. The van der Waals surface area contributed by atoms with Gasteiger partial charge < -0.3 is 10.2 Å². The molecule has 96 valence electrons. The Morgan fingerprint density at radius 2 is 2.25 bits per heavy atom. The van der Waals surface area contributed by atoms with Crippen LogP contribution in [-0.2, 0) is 4.79 Å². The maximum absolute atomic E-state index is 11.9. The molecule has 1 aliphatic rings. The average Bonchev–Trinajstić information content (AvgIpc) is 2.18. The maximum atomic E-state index is 11.9. The summed E-state index contributed by atoms with van der Waals surface area (Å²) in [5.41, 5.74) is 0. The molecule has 0 aromatic carbocycles. The highest BCUT2D eigenvalue weighted by Crippen LogP contribution is 2.12. The van der Waals surface area contributed by atoms with E-state index in [-0.39, 0.29) is 12.4 Å². The quantitative estimate of drug-likeness (QED) is 0.826. The summed E-state index contributed by atoms with van der Waals surface area (Å²) >= 11 is 0. The van der Waals surface area contributed by atoms with Crippen molar-refractivity contribution in [3.63, 3.8) is 0 Å². The number of halogens is 1.